The summed E-state index contributed by atoms with van der Waals surface area (Å²) in [6, 6.07) is 1.38. The van der Waals surface area contributed by atoms with Crippen molar-refractivity contribution in [1.29, 1.82) is 0 Å². The van der Waals surface area contributed by atoms with Crippen LogP contribution in [0.4, 0.5) is 0 Å². The van der Waals surface area contributed by atoms with Crippen molar-refractivity contribution in [3.8, 4) is 0 Å². The van der Waals surface area contributed by atoms with Gasteiger partial charge in [0.2, 0.25) is 10.0 Å². The third-order valence-electron chi connectivity index (χ3n) is 4.22. The van der Waals surface area contributed by atoms with E-state index in [4.69, 9.17) is 0 Å². The number of rotatable bonds is 5. The van der Waals surface area contributed by atoms with Crippen molar-refractivity contribution < 1.29 is 18.3 Å². The molecule has 1 heterocycles. The van der Waals surface area contributed by atoms with Crippen molar-refractivity contribution >= 4 is 16.0 Å². The summed E-state index contributed by atoms with van der Waals surface area (Å²) in [4.78, 5) is 11.3. The van der Waals surface area contributed by atoms with Crippen LogP contribution < -0.4 is 4.72 Å². The molecule has 0 bridgehead atoms. The summed E-state index contributed by atoms with van der Waals surface area (Å²) in [7, 11) is -3.63. The first-order chi connectivity index (χ1) is 9.97. The van der Waals surface area contributed by atoms with Gasteiger partial charge in [-0.05, 0) is 31.7 Å². The molecule has 3 rings (SSSR count). The summed E-state index contributed by atoms with van der Waals surface area (Å²) in [5.74, 6) is -1.08. The molecule has 116 valence electrons. The highest BCUT2D eigenvalue weighted by atomic mass is 32.2. The normalized spacial score (nSPS) is 20.6. The van der Waals surface area contributed by atoms with Crippen LogP contribution in [0.3, 0.4) is 0 Å². The van der Waals surface area contributed by atoms with Gasteiger partial charge in [0.25, 0.3) is 0 Å². The number of carboxylic acid groups (broad SMARTS) is 1. The molecule has 1 aromatic heterocycles. The topological polar surface area (TPSA) is 88.4 Å². The summed E-state index contributed by atoms with van der Waals surface area (Å²) in [5, 5.41) is 9.21. The molecule has 6 nitrogen and oxygen atoms in total. The molecule has 1 aromatic rings. The minimum absolute atomic E-state index is 0.0266. The van der Waals surface area contributed by atoms with Gasteiger partial charge in [-0.3, -0.25) is 0 Å². The molecule has 0 spiro atoms. The highest BCUT2D eigenvalue weighted by Crippen LogP contribution is 2.37. The Bertz CT molecular complexity index is 640. The second-order valence-electron chi connectivity index (χ2n) is 5.96. The van der Waals surface area contributed by atoms with E-state index in [0.717, 1.165) is 44.9 Å². The number of hydrogen-bond acceptors (Lipinski definition) is 3. The lowest BCUT2D eigenvalue weighted by atomic mass is 9.96. The van der Waals surface area contributed by atoms with E-state index in [-0.39, 0.29) is 22.7 Å². The van der Waals surface area contributed by atoms with Gasteiger partial charge in [0.05, 0.1) is 0 Å². The second-order valence-corrected chi connectivity index (χ2v) is 7.67. The Hall–Kier alpha value is -1.34. The number of carboxylic acids is 1. The van der Waals surface area contributed by atoms with Gasteiger partial charge in [-0.2, -0.15) is 0 Å². The van der Waals surface area contributed by atoms with E-state index < -0.39 is 16.0 Å². The fourth-order valence-corrected chi connectivity index (χ4v) is 4.26. The van der Waals surface area contributed by atoms with Gasteiger partial charge in [0.1, 0.15) is 10.6 Å². The molecule has 0 atom stereocenters. The molecule has 2 aliphatic rings. The van der Waals surface area contributed by atoms with Crippen molar-refractivity contribution in [2.24, 2.45) is 0 Å². The zero-order chi connectivity index (χ0) is 15.0. The largest absolute Gasteiger partial charge is 0.477 e. The second kappa shape index (κ2) is 5.46. The predicted molar refractivity (Wildman–Crippen MR) is 76.9 cm³/mol. The van der Waals surface area contributed by atoms with E-state index in [2.05, 4.69) is 4.72 Å². The minimum Gasteiger partial charge on any atom is -0.477 e. The number of hydrogen-bond donors (Lipinski definition) is 2. The van der Waals surface area contributed by atoms with Crippen molar-refractivity contribution in [2.45, 2.75) is 61.9 Å². The number of nitrogens with zero attached hydrogens (tertiary/aromatic N) is 1. The highest BCUT2D eigenvalue weighted by Gasteiger charge is 2.31. The molecule has 2 fully saturated rings. The monoisotopic (exact) mass is 312 g/mol. The molecule has 2 aliphatic carbocycles. The molecule has 2 N–H and O–H groups in total. The Labute approximate surface area is 124 Å². The lowest BCUT2D eigenvalue weighted by Gasteiger charge is -2.22. The van der Waals surface area contributed by atoms with Crippen LogP contribution in [0, 0.1) is 0 Å². The van der Waals surface area contributed by atoms with Crippen molar-refractivity contribution in [2.75, 3.05) is 0 Å². The third kappa shape index (κ3) is 3.13. The van der Waals surface area contributed by atoms with Gasteiger partial charge in [-0.25, -0.2) is 17.9 Å². The first-order valence-corrected chi connectivity index (χ1v) is 8.93. The molecule has 0 saturated heterocycles. The molecule has 0 amide bonds. The molecule has 2 saturated carbocycles. The maximum absolute atomic E-state index is 12.4. The number of sulfonamides is 1. The van der Waals surface area contributed by atoms with Gasteiger partial charge in [0, 0.05) is 18.3 Å². The lowest BCUT2D eigenvalue weighted by Crippen LogP contribution is -2.36. The zero-order valence-corrected chi connectivity index (χ0v) is 12.6. The van der Waals surface area contributed by atoms with Gasteiger partial charge in [-0.1, -0.05) is 19.3 Å². The van der Waals surface area contributed by atoms with E-state index in [0.29, 0.717) is 0 Å². The van der Waals surface area contributed by atoms with E-state index in [9.17, 15) is 18.3 Å². The first kappa shape index (κ1) is 14.6. The van der Waals surface area contributed by atoms with E-state index in [1.54, 1.807) is 4.57 Å². The molecule has 0 aliphatic heterocycles. The SMILES string of the molecule is O=C(O)c1cc(S(=O)(=O)NC2CCCCC2)cn1C1CC1. The molecular weight excluding hydrogens is 292 g/mol. The summed E-state index contributed by atoms with van der Waals surface area (Å²) in [5.41, 5.74) is 0.0570. The van der Waals surface area contributed by atoms with Gasteiger partial charge >= 0.3 is 5.97 Å². The summed E-state index contributed by atoms with van der Waals surface area (Å²) in [6.07, 6.45) is 8.22. The Morgan fingerprint density at radius 1 is 1.19 bits per heavy atom. The highest BCUT2D eigenvalue weighted by molar-refractivity contribution is 7.89. The predicted octanol–water partition coefficient (Wildman–Crippen LogP) is 2.13. The smallest absolute Gasteiger partial charge is 0.352 e. The molecule has 0 aromatic carbocycles. The third-order valence-corrected chi connectivity index (χ3v) is 5.71. The van der Waals surface area contributed by atoms with Crippen LogP contribution in [0.2, 0.25) is 0 Å². The quantitative estimate of drug-likeness (QED) is 0.871. The van der Waals surface area contributed by atoms with Crippen LogP contribution in [0.5, 0.6) is 0 Å². The van der Waals surface area contributed by atoms with Gasteiger partial charge in [-0.15, -0.1) is 0 Å². The van der Waals surface area contributed by atoms with Crippen molar-refractivity contribution in [3.05, 3.63) is 18.0 Å². The summed E-state index contributed by atoms with van der Waals surface area (Å²) in [6.45, 7) is 0. The molecule has 7 heteroatoms. The summed E-state index contributed by atoms with van der Waals surface area (Å²) < 4.78 is 29.1. The minimum atomic E-state index is -3.63. The van der Waals surface area contributed by atoms with Crippen molar-refractivity contribution in [1.82, 2.24) is 9.29 Å². The standard InChI is InChI=1S/C14H20N2O4S/c17-14(18)13-8-12(9-16(13)11-6-7-11)21(19,20)15-10-4-2-1-3-5-10/h8-11,15H,1-7H2,(H,17,18). The van der Waals surface area contributed by atoms with Crippen LogP contribution >= 0.6 is 0 Å². The van der Waals surface area contributed by atoms with E-state index in [1.165, 1.54) is 12.3 Å². The average Bonchev–Trinajstić information content (AvgIpc) is 3.17. The Kier molecular flexibility index (Phi) is 3.79. The van der Waals surface area contributed by atoms with Crippen LogP contribution in [-0.2, 0) is 10.0 Å². The Morgan fingerprint density at radius 3 is 2.43 bits per heavy atom. The zero-order valence-electron chi connectivity index (χ0n) is 11.8. The number of aromatic carboxylic acids is 1. The van der Waals surface area contributed by atoms with Crippen LogP contribution in [0.1, 0.15) is 61.5 Å². The van der Waals surface area contributed by atoms with Crippen LogP contribution in [-0.4, -0.2) is 30.1 Å². The average molecular weight is 312 g/mol. The summed E-state index contributed by atoms with van der Waals surface area (Å²) >= 11 is 0. The fraction of sp³-hybridized carbons (Fsp3) is 0.643. The molecular formula is C14H20N2O4S. The van der Waals surface area contributed by atoms with Gasteiger partial charge in [0.15, 0.2) is 0 Å². The number of aromatic nitrogens is 1. The van der Waals surface area contributed by atoms with Crippen LogP contribution in [0.15, 0.2) is 17.2 Å². The number of nitrogens with one attached hydrogen (secondary N) is 1. The van der Waals surface area contributed by atoms with E-state index >= 15 is 0 Å². The van der Waals surface area contributed by atoms with E-state index in [1.807, 2.05) is 0 Å². The molecule has 0 radical (unpaired) electrons. The van der Waals surface area contributed by atoms with Crippen LogP contribution in [0.25, 0.3) is 0 Å². The van der Waals surface area contributed by atoms with Crippen molar-refractivity contribution in [3.63, 3.8) is 0 Å². The molecule has 0 unspecified atom stereocenters. The first-order valence-electron chi connectivity index (χ1n) is 7.45. The molecule has 21 heavy (non-hydrogen) atoms. The Balaban J connectivity index is 1.84. The lowest BCUT2D eigenvalue weighted by molar-refractivity contribution is 0.0685. The number of carbonyl (C=O) groups is 1. The maximum atomic E-state index is 12.4. The van der Waals surface area contributed by atoms with Gasteiger partial charge < -0.3 is 9.67 Å². The fourth-order valence-electron chi connectivity index (χ4n) is 2.94. The Morgan fingerprint density at radius 2 is 1.86 bits per heavy atom. The maximum Gasteiger partial charge on any atom is 0.352 e.